The molecule has 1 rings (SSSR count). The molecule has 0 atom stereocenters. The number of nitrogens with one attached hydrogen (secondary N) is 1. The molecule has 1 aromatic carbocycles. The van der Waals surface area contributed by atoms with E-state index in [4.69, 9.17) is 11.6 Å². The minimum absolute atomic E-state index is 0.224. The Bertz CT molecular complexity index is 606. The second-order valence-corrected chi connectivity index (χ2v) is 5.05. The van der Waals surface area contributed by atoms with Crippen LogP contribution in [-0.2, 0) is 9.59 Å². The third-order valence-corrected chi connectivity index (χ3v) is 3.73. The van der Waals surface area contributed by atoms with Gasteiger partial charge in [0.05, 0.1) is 10.7 Å². The van der Waals surface area contributed by atoms with Crippen molar-refractivity contribution in [3.8, 4) is 0 Å². The van der Waals surface area contributed by atoms with E-state index >= 15 is 0 Å². The molecule has 0 aliphatic rings. The van der Waals surface area contributed by atoms with E-state index in [0.717, 1.165) is 0 Å². The van der Waals surface area contributed by atoms with Gasteiger partial charge in [0.25, 0.3) is 5.91 Å². The topological polar surface area (TPSA) is 46.2 Å². The van der Waals surface area contributed by atoms with Gasteiger partial charge in [0, 0.05) is 15.6 Å². The second kappa shape index (κ2) is 7.82. The van der Waals surface area contributed by atoms with Gasteiger partial charge in [-0.2, -0.15) is 0 Å². The Morgan fingerprint density at radius 2 is 2.10 bits per heavy atom. The lowest BCUT2D eigenvalue weighted by Crippen LogP contribution is -2.12. The van der Waals surface area contributed by atoms with E-state index in [1.165, 1.54) is 12.2 Å². The summed E-state index contributed by atoms with van der Waals surface area (Å²) in [5.41, 5.74) is 1.18. The normalized spacial score (nSPS) is 11.4. The number of amides is 1. The first-order chi connectivity index (χ1) is 9.49. The quantitative estimate of drug-likeness (QED) is 0.487. The smallest absolute Gasteiger partial charge is 0.255 e. The van der Waals surface area contributed by atoms with Crippen LogP contribution in [0.5, 0.6) is 0 Å². The van der Waals surface area contributed by atoms with Crippen LogP contribution in [0.4, 0.5) is 5.69 Å². The molecule has 104 valence electrons. The molecule has 0 bridgehead atoms. The fourth-order valence-electron chi connectivity index (χ4n) is 1.28. The van der Waals surface area contributed by atoms with Crippen molar-refractivity contribution in [3.05, 3.63) is 63.6 Å². The van der Waals surface area contributed by atoms with Gasteiger partial charge < -0.3 is 5.32 Å². The van der Waals surface area contributed by atoms with Crippen molar-refractivity contribution in [1.82, 2.24) is 0 Å². The number of carbonyl (C=O) groups excluding carboxylic acids is 2. The fourth-order valence-corrected chi connectivity index (χ4v) is 1.82. The van der Waals surface area contributed by atoms with E-state index in [9.17, 15) is 9.59 Å². The number of hydrogen-bond donors (Lipinski definition) is 1. The SMILES string of the molecule is C=C(/C=C\C(C=O)=C/C)C(=O)Nc1cccc(Br)c1Cl. The number of anilines is 1. The minimum atomic E-state index is -0.386. The number of allylic oxidation sites excluding steroid dienone is 3. The number of benzene rings is 1. The van der Waals surface area contributed by atoms with Crippen molar-refractivity contribution in [2.45, 2.75) is 6.92 Å². The van der Waals surface area contributed by atoms with Crippen LogP contribution in [0.25, 0.3) is 0 Å². The van der Waals surface area contributed by atoms with Crippen molar-refractivity contribution < 1.29 is 9.59 Å². The molecule has 0 heterocycles. The van der Waals surface area contributed by atoms with E-state index in [1.807, 2.05) is 0 Å². The van der Waals surface area contributed by atoms with Crippen LogP contribution >= 0.6 is 27.5 Å². The van der Waals surface area contributed by atoms with Crippen LogP contribution in [-0.4, -0.2) is 12.2 Å². The molecule has 0 aliphatic heterocycles. The summed E-state index contributed by atoms with van der Waals surface area (Å²) in [7, 11) is 0. The van der Waals surface area contributed by atoms with Crippen LogP contribution in [0.3, 0.4) is 0 Å². The maximum atomic E-state index is 11.9. The molecule has 0 saturated heterocycles. The van der Waals surface area contributed by atoms with Gasteiger partial charge in [-0.1, -0.05) is 36.4 Å². The van der Waals surface area contributed by atoms with Crippen LogP contribution in [0.15, 0.2) is 58.6 Å². The van der Waals surface area contributed by atoms with Crippen molar-refractivity contribution in [2.75, 3.05) is 5.32 Å². The Morgan fingerprint density at radius 1 is 1.40 bits per heavy atom. The third-order valence-electron chi connectivity index (χ3n) is 2.44. The molecule has 0 aromatic heterocycles. The lowest BCUT2D eigenvalue weighted by Gasteiger charge is -2.08. The molecule has 0 fully saturated rings. The molecule has 1 amide bonds. The van der Waals surface area contributed by atoms with Gasteiger partial charge in [-0.3, -0.25) is 9.59 Å². The summed E-state index contributed by atoms with van der Waals surface area (Å²) in [4.78, 5) is 22.5. The summed E-state index contributed by atoms with van der Waals surface area (Å²) in [6.07, 6.45) is 5.34. The van der Waals surface area contributed by atoms with E-state index in [0.29, 0.717) is 27.0 Å². The Kier molecular flexibility index (Phi) is 6.42. The van der Waals surface area contributed by atoms with Crippen LogP contribution < -0.4 is 5.32 Å². The monoisotopic (exact) mass is 353 g/mol. The van der Waals surface area contributed by atoms with Crippen molar-refractivity contribution in [1.29, 1.82) is 0 Å². The van der Waals surface area contributed by atoms with Crippen LogP contribution in [0.2, 0.25) is 5.02 Å². The summed E-state index contributed by atoms with van der Waals surface area (Å²) < 4.78 is 0.690. The zero-order valence-corrected chi connectivity index (χ0v) is 13.2. The zero-order valence-electron chi connectivity index (χ0n) is 10.8. The second-order valence-electron chi connectivity index (χ2n) is 3.82. The number of carbonyl (C=O) groups is 2. The molecule has 0 saturated carbocycles. The Labute approximate surface area is 131 Å². The highest BCUT2D eigenvalue weighted by molar-refractivity contribution is 9.10. The minimum Gasteiger partial charge on any atom is -0.321 e. The number of halogens is 2. The largest absolute Gasteiger partial charge is 0.321 e. The summed E-state index contributed by atoms with van der Waals surface area (Å²) in [6, 6.07) is 5.22. The van der Waals surface area contributed by atoms with Gasteiger partial charge >= 0.3 is 0 Å². The average molecular weight is 355 g/mol. The molecule has 0 unspecified atom stereocenters. The highest BCUT2D eigenvalue weighted by Gasteiger charge is 2.09. The summed E-state index contributed by atoms with van der Waals surface area (Å²) >= 11 is 9.33. The highest BCUT2D eigenvalue weighted by atomic mass is 79.9. The molecule has 3 nitrogen and oxygen atoms in total. The number of aldehydes is 1. The maximum Gasteiger partial charge on any atom is 0.255 e. The summed E-state index contributed by atoms with van der Waals surface area (Å²) in [5.74, 6) is -0.386. The van der Waals surface area contributed by atoms with E-state index in [2.05, 4.69) is 27.8 Å². The molecule has 0 aliphatic carbocycles. The fraction of sp³-hybridized carbons (Fsp3) is 0.0667. The van der Waals surface area contributed by atoms with Gasteiger partial charge in [0.2, 0.25) is 0 Å². The molecule has 5 heteroatoms. The summed E-state index contributed by atoms with van der Waals surface area (Å²) in [6.45, 7) is 5.38. The first-order valence-electron chi connectivity index (χ1n) is 5.73. The molecular weight excluding hydrogens is 342 g/mol. The van der Waals surface area contributed by atoms with Gasteiger partial charge in [-0.05, 0) is 41.1 Å². The van der Waals surface area contributed by atoms with Crippen molar-refractivity contribution in [3.63, 3.8) is 0 Å². The average Bonchev–Trinajstić information content (AvgIpc) is 2.44. The lowest BCUT2D eigenvalue weighted by atomic mass is 10.2. The van der Waals surface area contributed by atoms with Crippen molar-refractivity contribution in [2.24, 2.45) is 0 Å². The van der Waals surface area contributed by atoms with Crippen LogP contribution in [0.1, 0.15) is 6.92 Å². The zero-order chi connectivity index (χ0) is 15.1. The van der Waals surface area contributed by atoms with Gasteiger partial charge in [0.1, 0.15) is 6.29 Å². The molecule has 0 spiro atoms. The van der Waals surface area contributed by atoms with Gasteiger partial charge in [-0.15, -0.1) is 0 Å². The molecule has 1 aromatic rings. The maximum absolute atomic E-state index is 11.9. The predicted octanol–water partition coefficient (Wildman–Crippen LogP) is 4.30. The van der Waals surface area contributed by atoms with Gasteiger partial charge in [-0.25, -0.2) is 0 Å². The van der Waals surface area contributed by atoms with Crippen molar-refractivity contribution >= 4 is 45.4 Å². The van der Waals surface area contributed by atoms with E-state index in [1.54, 1.807) is 31.2 Å². The number of rotatable bonds is 5. The van der Waals surface area contributed by atoms with Gasteiger partial charge in [0.15, 0.2) is 0 Å². The first-order valence-corrected chi connectivity index (χ1v) is 6.90. The third kappa shape index (κ3) is 4.47. The Hall–Kier alpha value is -1.65. The first kappa shape index (κ1) is 16.4. The Balaban J connectivity index is 2.79. The van der Waals surface area contributed by atoms with E-state index in [-0.39, 0.29) is 11.5 Å². The molecule has 20 heavy (non-hydrogen) atoms. The summed E-state index contributed by atoms with van der Waals surface area (Å²) in [5, 5.41) is 3.07. The highest BCUT2D eigenvalue weighted by Crippen LogP contribution is 2.30. The van der Waals surface area contributed by atoms with Crippen LogP contribution in [0, 0.1) is 0 Å². The standard InChI is InChI=1S/C15H13BrClNO2/c1-3-11(9-19)8-7-10(2)15(20)18-13-6-4-5-12(16)14(13)17/h3-9H,2H2,1H3,(H,18,20)/b8-7-,11-3+. The molecule has 1 N–H and O–H groups in total. The van der Waals surface area contributed by atoms with E-state index < -0.39 is 0 Å². The number of hydrogen-bond acceptors (Lipinski definition) is 2. The Morgan fingerprint density at radius 3 is 2.70 bits per heavy atom. The molecular formula is C15H13BrClNO2. The molecule has 0 radical (unpaired) electrons. The predicted molar refractivity (Wildman–Crippen MR) is 85.9 cm³/mol. The lowest BCUT2D eigenvalue weighted by molar-refractivity contribution is -0.112.